The van der Waals surface area contributed by atoms with Crippen molar-refractivity contribution in [3.8, 4) is 6.07 Å². The van der Waals surface area contributed by atoms with Crippen LogP contribution in [-0.4, -0.2) is 18.4 Å². The van der Waals surface area contributed by atoms with Gasteiger partial charge in [-0.3, -0.25) is 4.79 Å². The van der Waals surface area contributed by atoms with Gasteiger partial charge >= 0.3 is 5.97 Å². The van der Waals surface area contributed by atoms with E-state index in [4.69, 9.17) is 15.7 Å². The number of nitriles is 1. The smallest absolute Gasteiger partial charge is 0.340 e. The number of carbonyl (C=O) groups is 2. The lowest BCUT2D eigenvalue weighted by Gasteiger charge is -2.07. The third-order valence-electron chi connectivity index (χ3n) is 2.96. The molecule has 0 amide bonds. The van der Waals surface area contributed by atoms with Crippen LogP contribution in [0.5, 0.6) is 0 Å². The average molecular weight is 358 g/mol. The van der Waals surface area contributed by atoms with Gasteiger partial charge in [-0.2, -0.15) is 5.26 Å². The molecule has 0 bridgehead atoms. The Morgan fingerprint density at radius 2 is 2.00 bits per heavy atom. The van der Waals surface area contributed by atoms with Gasteiger partial charge in [-0.1, -0.05) is 12.1 Å². The standard InChI is InChI=1S/C17H14N2O3S2/c1-11(19)14(9-18)15(20)10-22-17(21)13(16-5-3-7-24-16)8-12-4-2-6-23-12/h2-8H,10,19H2,1H3/b13-8+,14-11-. The van der Waals surface area contributed by atoms with E-state index in [0.29, 0.717) is 5.57 Å². The number of nitrogens with zero attached hydrogens (tertiary/aromatic N) is 1. The van der Waals surface area contributed by atoms with Gasteiger partial charge in [0, 0.05) is 15.5 Å². The molecule has 0 saturated carbocycles. The molecule has 0 aliphatic rings. The largest absolute Gasteiger partial charge is 0.454 e. The van der Waals surface area contributed by atoms with Gasteiger partial charge in [-0.25, -0.2) is 4.79 Å². The molecule has 0 atom stereocenters. The summed E-state index contributed by atoms with van der Waals surface area (Å²) in [5.74, 6) is -1.24. The maximum atomic E-state index is 12.4. The monoisotopic (exact) mass is 358 g/mol. The Labute approximate surface area is 147 Å². The first-order chi connectivity index (χ1) is 11.5. The van der Waals surface area contributed by atoms with Gasteiger partial charge in [0.2, 0.25) is 5.78 Å². The highest BCUT2D eigenvalue weighted by molar-refractivity contribution is 7.12. The normalized spacial score (nSPS) is 12.2. The molecular formula is C17H14N2O3S2. The van der Waals surface area contributed by atoms with Crippen LogP contribution in [0.2, 0.25) is 0 Å². The van der Waals surface area contributed by atoms with Gasteiger partial charge in [0.15, 0.2) is 6.61 Å². The summed E-state index contributed by atoms with van der Waals surface area (Å²) in [6.45, 7) is 0.926. The summed E-state index contributed by atoms with van der Waals surface area (Å²) in [7, 11) is 0. The first-order valence-corrected chi connectivity index (χ1v) is 8.64. The van der Waals surface area contributed by atoms with Crippen molar-refractivity contribution in [2.45, 2.75) is 6.92 Å². The lowest BCUT2D eigenvalue weighted by Crippen LogP contribution is -2.18. The number of ether oxygens (including phenoxy) is 1. The van der Waals surface area contributed by atoms with E-state index < -0.39 is 18.4 Å². The summed E-state index contributed by atoms with van der Waals surface area (Å²) in [4.78, 5) is 25.9. The summed E-state index contributed by atoms with van der Waals surface area (Å²) in [5.41, 5.74) is 5.75. The van der Waals surface area contributed by atoms with Crippen molar-refractivity contribution in [2.75, 3.05) is 6.61 Å². The fourth-order valence-electron chi connectivity index (χ4n) is 1.83. The molecule has 24 heavy (non-hydrogen) atoms. The highest BCUT2D eigenvalue weighted by atomic mass is 32.1. The van der Waals surface area contributed by atoms with Crippen LogP contribution in [0.4, 0.5) is 0 Å². The number of ketones is 1. The zero-order valence-corrected chi connectivity index (χ0v) is 14.4. The van der Waals surface area contributed by atoms with Crippen LogP contribution in [0.1, 0.15) is 16.7 Å². The number of hydrogen-bond donors (Lipinski definition) is 1. The molecule has 7 heteroatoms. The van der Waals surface area contributed by atoms with Crippen molar-refractivity contribution in [3.05, 3.63) is 56.1 Å². The lowest BCUT2D eigenvalue weighted by molar-refractivity contribution is -0.140. The van der Waals surface area contributed by atoms with Gasteiger partial charge in [-0.15, -0.1) is 22.7 Å². The number of esters is 1. The molecule has 5 nitrogen and oxygen atoms in total. The second kappa shape index (κ2) is 8.24. The predicted octanol–water partition coefficient (Wildman–Crippen LogP) is 3.22. The summed E-state index contributed by atoms with van der Waals surface area (Å²) >= 11 is 2.89. The molecular weight excluding hydrogens is 344 g/mol. The highest BCUT2D eigenvalue weighted by Crippen LogP contribution is 2.25. The molecule has 0 unspecified atom stereocenters. The molecule has 0 radical (unpaired) electrons. The molecule has 122 valence electrons. The third kappa shape index (κ3) is 4.41. The highest BCUT2D eigenvalue weighted by Gasteiger charge is 2.19. The topological polar surface area (TPSA) is 93.2 Å². The number of nitrogens with two attached hydrogens (primary N) is 1. The van der Waals surface area contributed by atoms with Crippen LogP contribution in [0, 0.1) is 11.3 Å². The van der Waals surface area contributed by atoms with Gasteiger partial charge in [0.25, 0.3) is 0 Å². The SMILES string of the molecule is C/C(N)=C(\C#N)C(=O)COC(=O)/C(=C/c1cccs1)c1cccs1. The lowest BCUT2D eigenvalue weighted by atomic mass is 10.1. The van der Waals surface area contributed by atoms with E-state index in [1.54, 1.807) is 18.2 Å². The Bertz CT molecular complexity index is 822. The second-order valence-electron chi connectivity index (χ2n) is 4.72. The number of thiophene rings is 2. The van der Waals surface area contributed by atoms with Crippen molar-refractivity contribution < 1.29 is 14.3 Å². The summed E-state index contributed by atoms with van der Waals surface area (Å²) in [6, 6.07) is 9.11. The minimum Gasteiger partial charge on any atom is -0.454 e. The Balaban J connectivity index is 2.17. The van der Waals surface area contributed by atoms with Crippen molar-refractivity contribution >= 4 is 46.1 Å². The van der Waals surface area contributed by atoms with Crippen LogP contribution in [-0.2, 0) is 14.3 Å². The number of Topliss-reactive ketones (excluding diaryl/α,β-unsaturated/α-hetero) is 1. The van der Waals surface area contributed by atoms with Crippen LogP contribution >= 0.6 is 22.7 Å². The van der Waals surface area contributed by atoms with Crippen LogP contribution in [0.3, 0.4) is 0 Å². The van der Waals surface area contributed by atoms with Gasteiger partial charge in [0.1, 0.15) is 11.6 Å². The maximum absolute atomic E-state index is 12.4. The molecule has 2 rings (SSSR count). The Hall–Kier alpha value is -2.69. The molecule has 0 aromatic carbocycles. The van der Waals surface area contributed by atoms with Crippen molar-refractivity contribution in [2.24, 2.45) is 5.73 Å². The molecule has 2 aromatic heterocycles. The van der Waals surface area contributed by atoms with E-state index in [2.05, 4.69) is 0 Å². The summed E-state index contributed by atoms with van der Waals surface area (Å²) < 4.78 is 5.09. The molecule has 0 saturated heterocycles. The first-order valence-electron chi connectivity index (χ1n) is 6.88. The van der Waals surface area contributed by atoms with Gasteiger partial charge in [-0.05, 0) is 35.9 Å². The minimum atomic E-state index is -0.619. The van der Waals surface area contributed by atoms with Gasteiger partial charge < -0.3 is 10.5 Å². The number of rotatable bonds is 6. The van der Waals surface area contributed by atoms with E-state index in [-0.39, 0.29) is 11.3 Å². The summed E-state index contributed by atoms with van der Waals surface area (Å²) in [5, 5.41) is 12.7. The molecule has 0 aliphatic carbocycles. The predicted molar refractivity (Wildman–Crippen MR) is 95.0 cm³/mol. The number of hydrogen-bond acceptors (Lipinski definition) is 7. The third-order valence-corrected chi connectivity index (χ3v) is 4.68. The average Bonchev–Trinajstić information content (AvgIpc) is 3.23. The maximum Gasteiger partial charge on any atom is 0.340 e. The minimum absolute atomic E-state index is 0.103. The number of allylic oxidation sites excluding steroid dienone is 1. The zero-order valence-electron chi connectivity index (χ0n) is 12.8. The molecule has 0 fully saturated rings. The van der Waals surface area contributed by atoms with E-state index >= 15 is 0 Å². The fourth-order valence-corrected chi connectivity index (χ4v) is 3.22. The van der Waals surface area contributed by atoms with Crippen LogP contribution in [0.15, 0.2) is 46.3 Å². The Kier molecular flexibility index (Phi) is 6.07. The Morgan fingerprint density at radius 3 is 2.54 bits per heavy atom. The molecule has 2 aromatic rings. The second-order valence-corrected chi connectivity index (χ2v) is 6.65. The van der Waals surface area contributed by atoms with E-state index in [1.165, 1.54) is 29.6 Å². The molecule has 2 heterocycles. The quantitative estimate of drug-likeness (QED) is 0.486. The molecule has 0 aliphatic heterocycles. The Morgan fingerprint density at radius 1 is 1.29 bits per heavy atom. The van der Waals surface area contributed by atoms with Crippen LogP contribution < -0.4 is 5.73 Å². The zero-order chi connectivity index (χ0) is 17.5. The fraction of sp³-hybridized carbons (Fsp3) is 0.118. The van der Waals surface area contributed by atoms with E-state index in [9.17, 15) is 9.59 Å². The number of carbonyl (C=O) groups excluding carboxylic acids is 2. The van der Waals surface area contributed by atoms with Crippen LogP contribution in [0.25, 0.3) is 11.6 Å². The molecule has 2 N–H and O–H groups in total. The first kappa shape index (κ1) is 17.7. The molecule has 0 spiro atoms. The van der Waals surface area contributed by atoms with Crippen molar-refractivity contribution in [1.82, 2.24) is 0 Å². The summed E-state index contributed by atoms with van der Waals surface area (Å²) in [6.07, 6.45) is 1.72. The van der Waals surface area contributed by atoms with Gasteiger partial charge in [0.05, 0.1) is 5.57 Å². The van der Waals surface area contributed by atoms with E-state index in [0.717, 1.165) is 9.75 Å². The van der Waals surface area contributed by atoms with Crippen molar-refractivity contribution in [3.63, 3.8) is 0 Å². The van der Waals surface area contributed by atoms with E-state index in [1.807, 2.05) is 29.0 Å². The van der Waals surface area contributed by atoms with Crippen molar-refractivity contribution in [1.29, 1.82) is 5.26 Å².